The quantitative estimate of drug-likeness (QED) is 0.577. The Balaban J connectivity index is 2.51. The van der Waals surface area contributed by atoms with Gasteiger partial charge in [0.25, 0.3) is 0 Å². The zero-order chi connectivity index (χ0) is 10.4. The Bertz CT molecular complexity index is 640. The maximum atomic E-state index is 5.63. The van der Waals surface area contributed by atoms with Gasteiger partial charge in [-0.2, -0.15) is 0 Å². The Hall–Kier alpha value is -1.36. The first-order chi connectivity index (χ1) is 7.29. The van der Waals surface area contributed by atoms with Crippen molar-refractivity contribution in [1.29, 1.82) is 0 Å². The molecule has 0 fully saturated rings. The molecule has 15 heavy (non-hydrogen) atoms. The highest BCUT2D eigenvalue weighted by Gasteiger charge is 2.09. The zero-order valence-electron chi connectivity index (χ0n) is 8.27. The highest BCUT2D eigenvalue weighted by molar-refractivity contribution is 7.20. The lowest BCUT2D eigenvalue weighted by Crippen LogP contribution is -1.84. The summed E-state index contributed by atoms with van der Waals surface area (Å²) in [5.74, 6) is 0. The van der Waals surface area contributed by atoms with E-state index < -0.39 is 0 Å². The van der Waals surface area contributed by atoms with Crippen molar-refractivity contribution in [3.63, 3.8) is 0 Å². The maximum Gasteiger partial charge on any atom is 0.108 e. The fraction of sp³-hybridized carbons (Fsp3) is 0.200. The molecule has 0 aliphatic carbocycles. The SMILES string of the molecule is [B]Cc1cc2ncc3ncn(C)c3c2s1. The molecule has 0 aliphatic heterocycles. The molecule has 0 spiro atoms. The summed E-state index contributed by atoms with van der Waals surface area (Å²) in [6.07, 6.45) is 4.19. The van der Waals surface area contributed by atoms with Crippen molar-refractivity contribution in [1.82, 2.24) is 14.5 Å². The second kappa shape index (κ2) is 3.07. The van der Waals surface area contributed by atoms with E-state index >= 15 is 0 Å². The van der Waals surface area contributed by atoms with E-state index in [1.165, 1.54) is 4.70 Å². The predicted molar refractivity (Wildman–Crippen MR) is 63.4 cm³/mol. The molecule has 3 heterocycles. The van der Waals surface area contributed by atoms with Crippen LogP contribution in [0.3, 0.4) is 0 Å². The molecule has 5 heteroatoms. The lowest BCUT2D eigenvalue weighted by molar-refractivity contribution is 0.951. The molecule has 0 N–H and O–H groups in total. The number of fused-ring (bicyclic) bond motifs is 3. The topological polar surface area (TPSA) is 30.7 Å². The van der Waals surface area contributed by atoms with E-state index in [-0.39, 0.29) is 0 Å². The molecular formula is C10H8BN3S. The lowest BCUT2D eigenvalue weighted by atomic mass is 10.0. The smallest absolute Gasteiger partial charge is 0.108 e. The van der Waals surface area contributed by atoms with Crippen molar-refractivity contribution in [2.75, 3.05) is 0 Å². The first-order valence-corrected chi connectivity index (χ1v) is 5.50. The van der Waals surface area contributed by atoms with Gasteiger partial charge in [-0.3, -0.25) is 4.98 Å². The van der Waals surface area contributed by atoms with Gasteiger partial charge in [0.15, 0.2) is 0 Å². The standard InChI is InChI=1S/C10H8BN3S/c1-14-5-13-8-4-12-7-2-6(3-11)15-10(7)9(8)14/h2,4-5H,3H2,1H3. The Morgan fingerprint density at radius 3 is 3.07 bits per heavy atom. The third kappa shape index (κ3) is 1.19. The molecule has 0 bridgehead atoms. The molecule has 0 unspecified atom stereocenters. The van der Waals surface area contributed by atoms with Gasteiger partial charge in [-0.25, -0.2) is 4.98 Å². The first-order valence-electron chi connectivity index (χ1n) is 4.68. The molecule has 3 rings (SSSR count). The Labute approximate surface area is 92.2 Å². The second-order valence-corrected chi connectivity index (χ2v) is 4.62. The fourth-order valence-corrected chi connectivity index (χ4v) is 2.82. The fourth-order valence-electron chi connectivity index (χ4n) is 1.75. The van der Waals surface area contributed by atoms with Crippen LogP contribution < -0.4 is 0 Å². The van der Waals surface area contributed by atoms with Gasteiger partial charge >= 0.3 is 0 Å². The van der Waals surface area contributed by atoms with Crippen molar-refractivity contribution in [2.24, 2.45) is 7.05 Å². The molecule has 3 aromatic heterocycles. The highest BCUT2D eigenvalue weighted by atomic mass is 32.1. The van der Waals surface area contributed by atoms with Crippen molar-refractivity contribution < 1.29 is 0 Å². The number of rotatable bonds is 1. The molecule has 0 aliphatic rings. The van der Waals surface area contributed by atoms with Gasteiger partial charge in [0, 0.05) is 7.05 Å². The van der Waals surface area contributed by atoms with Crippen LogP contribution in [0.2, 0.25) is 0 Å². The summed E-state index contributed by atoms with van der Waals surface area (Å²) >= 11 is 1.70. The molecule has 2 radical (unpaired) electrons. The minimum Gasteiger partial charge on any atom is -0.332 e. The summed E-state index contributed by atoms with van der Waals surface area (Å²) in [5, 5.41) is 0. The van der Waals surface area contributed by atoms with Gasteiger partial charge in [-0.15, -0.1) is 11.3 Å². The number of hydrogen-bond acceptors (Lipinski definition) is 3. The van der Waals surface area contributed by atoms with E-state index in [0.717, 1.165) is 21.4 Å². The van der Waals surface area contributed by atoms with Gasteiger partial charge in [0.05, 0.1) is 36.1 Å². The van der Waals surface area contributed by atoms with E-state index in [0.29, 0.717) is 6.32 Å². The van der Waals surface area contributed by atoms with Crippen LogP contribution in [0.5, 0.6) is 0 Å². The molecule has 0 saturated heterocycles. The lowest BCUT2D eigenvalue weighted by Gasteiger charge is -1.94. The second-order valence-electron chi connectivity index (χ2n) is 3.48. The molecule has 0 atom stereocenters. The minimum absolute atomic E-state index is 0.570. The highest BCUT2D eigenvalue weighted by Crippen LogP contribution is 2.30. The molecule has 0 saturated carbocycles. The summed E-state index contributed by atoms with van der Waals surface area (Å²) in [4.78, 5) is 9.81. The van der Waals surface area contributed by atoms with Gasteiger partial charge in [0.1, 0.15) is 5.52 Å². The normalized spacial score (nSPS) is 11.5. The van der Waals surface area contributed by atoms with Crippen LogP contribution in [-0.2, 0) is 13.4 Å². The number of imidazole rings is 1. The van der Waals surface area contributed by atoms with Crippen LogP contribution in [-0.4, -0.2) is 22.4 Å². The third-order valence-electron chi connectivity index (χ3n) is 2.47. The maximum absolute atomic E-state index is 5.63. The van der Waals surface area contributed by atoms with Gasteiger partial charge in [-0.1, -0.05) is 6.32 Å². The van der Waals surface area contributed by atoms with Crippen molar-refractivity contribution in [3.05, 3.63) is 23.5 Å². The predicted octanol–water partition coefficient (Wildman–Crippen LogP) is 1.85. The monoisotopic (exact) mass is 213 g/mol. The van der Waals surface area contributed by atoms with Crippen LogP contribution in [0.25, 0.3) is 21.3 Å². The largest absolute Gasteiger partial charge is 0.332 e. The van der Waals surface area contributed by atoms with Crippen LogP contribution in [0.15, 0.2) is 18.6 Å². The Morgan fingerprint density at radius 2 is 2.27 bits per heavy atom. The summed E-state index contributed by atoms with van der Waals surface area (Å²) in [6, 6.07) is 2.05. The van der Waals surface area contributed by atoms with E-state index in [1.807, 2.05) is 30.2 Å². The number of nitrogens with zero attached hydrogens (tertiary/aromatic N) is 3. The number of aryl methyl sites for hydroxylation is 1. The minimum atomic E-state index is 0.570. The summed E-state index contributed by atoms with van der Waals surface area (Å²) < 4.78 is 3.20. The molecule has 3 nitrogen and oxygen atoms in total. The van der Waals surface area contributed by atoms with Gasteiger partial charge in [-0.05, 0) is 10.9 Å². The number of thiophene rings is 1. The Kier molecular flexibility index (Phi) is 1.82. The summed E-state index contributed by atoms with van der Waals surface area (Å²) in [5.41, 5.74) is 3.09. The van der Waals surface area contributed by atoms with E-state index in [4.69, 9.17) is 7.85 Å². The molecule has 0 aromatic carbocycles. The molecular weight excluding hydrogens is 205 g/mol. The summed E-state index contributed by atoms with van der Waals surface area (Å²) in [7, 11) is 7.63. The van der Waals surface area contributed by atoms with Crippen molar-refractivity contribution in [3.8, 4) is 0 Å². The number of pyridine rings is 1. The third-order valence-corrected chi connectivity index (χ3v) is 3.62. The van der Waals surface area contributed by atoms with E-state index in [9.17, 15) is 0 Å². The first kappa shape index (κ1) is 8.91. The molecule has 0 amide bonds. The van der Waals surface area contributed by atoms with E-state index in [2.05, 4.69) is 9.97 Å². The van der Waals surface area contributed by atoms with Crippen molar-refractivity contribution >= 4 is 40.4 Å². The average molecular weight is 213 g/mol. The average Bonchev–Trinajstić information content (AvgIpc) is 2.81. The van der Waals surface area contributed by atoms with Crippen LogP contribution >= 0.6 is 11.3 Å². The zero-order valence-corrected chi connectivity index (χ0v) is 9.08. The van der Waals surface area contributed by atoms with E-state index in [1.54, 1.807) is 11.3 Å². The number of hydrogen-bond donors (Lipinski definition) is 0. The molecule has 3 aromatic rings. The Morgan fingerprint density at radius 1 is 1.40 bits per heavy atom. The van der Waals surface area contributed by atoms with Crippen LogP contribution in [0.1, 0.15) is 4.88 Å². The van der Waals surface area contributed by atoms with Crippen LogP contribution in [0.4, 0.5) is 0 Å². The number of aromatic nitrogens is 3. The van der Waals surface area contributed by atoms with Gasteiger partial charge in [0.2, 0.25) is 0 Å². The van der Waals surface area contributed by atoms with Crippen molar-refractivity contribution in [2.45, 2.75) is 6.32 Å². The molecule has 72 valence electrons. The van der Waals surface area contributed by atoms with Crippen LogP contribution in [0, 0.1) is 0 Å². The van der Waals surface area contributed by atoms with Gasteiger partial charge < -0.3 is 4.57 Å². The summed E-state index contributed by atoms with van der Waals surface area (Å²) in [6.45, 7) is 0.